The first-order valence-electron chi connectivity index (χ1n) is 8.82. The van der Waals surface area contributed by atoms with E-state index < -0.39 is 0 Å². The number of carbonyl (C=O) groups is 1. The highest BCUT2D eigenvalue weighted by Crippen LogP contribution is 2.27. The molecule has 4 rings (SSSR count). The van der Waals surface area contributed by atoms with Crippen molar-refractivity contribution in [3.63, 3.8) is 0 Å². The van der Waals surface area contributed by atoms with Crippen molar-refractivity contribution >= 4 is 22.4 Å². The number of nitrogens with one attached hydrogen (secondary N) is 1. The van der Waals surface area contributed by atoms with E-state index in [0.29, 0.717) is 16.4 Å². The Hall–Kier alpha value is -3.38. The lowest BCUT2D eigenvalue weighted by Gasteiger charge is -2.07. The second-order valence-electron chi connectivity index (χ2n) is 6.44. The van der Waals surface area contributed by atoms with Crippen LogP contribution in [0, 0.1) is 13.8 Å². The number of aromatic nitrogens is 3. The van der Waals surface area contributed by atoms with Crippen molar-refractivity contribution in [2.45, 2.75) is 13.8 Å². The van der Waals surface area contributed by atoms with E-state index in [1.165, 1.54) is 35.0 Å². The molecule has 5 nitrogen and oxygen atoms in total. The van der Waals surface area contributed by atoms with Crippen LogP contribution in [0.5, 0.6) is 0 Å². The fourth-order valence-electron chi connectivity index (χ4n) is 2.85. The maximum absolute atomic E-state index is 12.8. The van der Waals surface area contributed by atoms with Gasteiger partial charge < -0.3 is 0 Å². The van der Waals surface area contributed by atoms with Crippen LogP contribution in [0.15, 0.2) is 66.4 Å². The zero-order chi connectivity index (χ0) is 19.5. The third-order valence-electron chi connectivity index (χ3n) is 4.53. The van der Waals surface area contributed by atoms with E-state index in [4.69, 9.17) is 0 Å². The van der Waals surface area contributed by atoms with Crippen molar-refractivity contribution in [2.24, 2.45) is 0 Å². The van der Waals surface area contributed by atoms with Crippen molar-refractivity contribution in [3.05, 3.63) is 83.1 Å². The number of rotatable bonds is 4. The second kappa shape index (κ2) is 7.70. The standard InChI is InChI=1S/C22H18N4OS/c1-14-8-9-17(10-15(14)2)19-12-28-22(25-19)26-21(27)18-11-23-13-24-20(18)16-6-4-3-5-7-16/h3-13H,1-2H3,(H,25,26,27). The van der Waals surface area contributed by atoms with Crippen LogP contribution in [-0.4, -0.2) is 20.9 Å². The Bertz CT molecular complexity index is 1140. The Labute approximate surface area is 167 Å². The van der Waals surface area contributed by atoms with Gasteiger partial charge in [-0.2, -0.15) is 0 Å². The van der Waals surface area contributed by atoms with Gasteiger partial charge in [-0.25, -0.2) is 15.0 Å². The van der Waals surface area contributed by atoms with Gasteiger partial charge in [0.15, 0.2) is 5.13 Å². The third-order valence-corrected chi connectivity index (χ3v) is 5.29. The van der Waals surface area contributed by atoms with Crippen molar-refractivity contribution in [3.8, 4) is 22.5 Å². The number of thiazole rings is 1. The summed E-state index contributed by atoms with van der Waals surface area (Å²) in [6.07, 6.45) is 2.98. The monoisotopic (exact) mass is 386 g/mol. The molecule has 0 saturated carbocycles. The lowest BCUT2D eigenvalue weighted by molar-refractivity contribution is 0.102. The molecule has 0 spiro atoms. The van der Waals surface area contributed by atoms with Crippen LogP contribution >= 0.6 is 11.3 Å². The van der Waals surface area contributed by atoms with E-state index in [1.54, 1.807) is 0 Å². The van der Waals surface area contributed by atoms with Gasteiger partial charge in [-0.1, -0.05) is 42.5 Å². The maximum atomic E-state index is 12.8. The van der Waals surface area contributed by atoms with E-state index in [1.807, 2.05) is 41.8 Å². The number of hydrogen-bond acceptors (Lipinski definition) is 5. The van der Waals surface area contributed by atoms with E-state index in [9.17, 15) is 4.79 Å². The average Bonchev–Trinajstić information content (AvgIpc) is 3.19. The summed E-state index contributed by atoms with van der Waals surface area (Å²) in [7, 11) is 0. The molecule has 0 bridgehead atoms. The molecule has 4 aromatic rings. The van der Waals surface area contributed by atoms with Crippen LogP contribution in [0.4, 0.5) is 5.13 Å². The van der Waals surface area contributed by atoms with E-state index >= 15 is 0 Å². The molecule has 2 heterocycles. The second-order valence-corrected chi connectivity index (χ2v) is 7.30. The maximum Gasteiger partial charge on any atom is 0.261 e. The molecule has 28 heavy (non-hydrogen) atoms. The molecule has 0 saturated heterocycles. The topological polar surface area (TPSA) is 67.8 Å². The van der Waals surface area contributed by atoms with Gasteiger partial charge in [0, 0.05) is 22.7 Å². The fraction of sp³-hybridized carbons (Fsp3) is 0.0909. The molecule has 0 atom stereocenters. The number of amides is 1. The lowest BCUT2D eigenvalue weighted by atomic mass is 10.1. The number of hydrogen-bond donors (Lipinski definition) is 1. The molecule has 0 aliphatic heterocycles. The van der Waals surface area contributed by atoms with Crippen molar-refractivity contribution in [1.82, 2.24) is 15.0 Å². The van der Waals surface area contributed by atoms with Gasteiger partial charge in [0.2, 0.25) is 0 Å². The Morgan fingerprint density at radius 3 is 2.61 bits per heavy atom. The van der Waals surface area contributed by atoms with Gasteiger partial charge in [-0.3, -0.25) is 10.1 Å². The predicted molar refractivity (Wildman–Crippen MR) is 112 cm³/mol. The summed E-state index contributed by atoms with van der Waals surface area (Å²) in [4.78, 5) is 25.7. The number of benzene rings is 2. The summed E-state index contributed by atoms with van der Waals surface area (Å²) < 4.78 is 0. The SMILES string of the molecule is Cc1ccc(-c2csc(NC(=O)c3cncnc3-c3ccccc3)n2)cc1C. The van der Waals surface area contributed by atoms with Gasteiger partial charge in [-0.05, 0) is 31.0 Å². The van der Waals surface area contributed by atoms with Crippen molar-refractivity contribution in [2.75, 3.05) is 5.32 Å². The first-order valence-corrected chi connectivity index (χ1v) is 9.70. The van der Waals surface area contributed by atoms with Gasteiger partial charge in [0.05, 0.1) is 17.0 Å². The molecule has 0 aliphatic rings. The number of anilines is 1. The minimum Gasteiger partial charge on any atom is -0.298 e. The summed E-state index contributed by atoms with van der Waals surface area (Å²) in [6, 6.07) is 15.8. The summed E-state index contributed by atoms with van der Waals surface area (Å²) in [5, 5.41) is 5.36. The number of carbonyl (C=O) groups excluding carboxylic acids is 1. The molecule has 138 valence electrons. The molecular formula is C22H18N4OS. The van der Waals surface area contributed by atoms with Crippen LogP contribution in [0.3, 0.4) is 0 Å². The molecule has 1 N–H and O–H groups in total. The third kappa shape index (κ3) is 3.68. The molecule has 0 fully saturated rings. The summed E-state index contributed by atoms with van der Waals surface area (Å²) in [5.41, 5.74) is 6.21. The molecule has 0 aliphatic carbocycles. The summed E-state index contributed by atoms with van der Waals surface area (Å²) in [6.45, 7) is 4.16. The summed E-state index contributed by atoms with van der Waals surface area (Å²) in [5.74, 6) is -0.277. The predicted octanol–water partition coefficient (Wildman–Crippen LogP) is 5.14. The average molecular weight is 386 g/mol. The zero-order valence-electron chi connectivity index (χ0n) is 15.5. The molecule has 6 heteroatoms. The van der Waals surface area contributed by atoms with Gasteiger partial charge in [0.1, 0.15) is 6.33 Å². The van der Waals surface area contributed by atoms with E-state index in [-0.39, 0.29) is 5.91 Å². The molecule has 2 aromatic heterocycles. The lowest BCUT2D eigenvalue weighted by Crippen LogP contribution is -2.14. The normalized spacial score (nSPS) is 10.6. The first-order chi connectivity index (χ1) is 13.6. The zero-order valence-corrected chi connectivity index (χ0v) is 16.3. The van der Waals surface area contributed by atoms with Crippen molar-refractivity contribution < 1.29 is 4.79 Å². The number of nitrogens with zero attached hydrogens (tertiary/aromatic N) is 3. The molecule has 0 unspecified atom stereocenters. The molecular weight excluding hydrogens is 368 g/mol. The van der Waals surface area contributed by atoms with Crippen LogP contribution < -0.4 is 5.32 Å². The smallest absolute Gasteiger partial charge is 0.261 e. The minimum atomic E-state index is -0.277. The largest absolute Gasteiger partial charge is 0.298 e. The molecule has 2 aromatic carbocycles. The van der Waals surface area contributed by atoms with Gasteiger partial charge in [0.25, 0.3) is 5.91 Å². The molecule has 0 radical (unpaired) electrons. The highest BCUT2D eigenvalue weighted by molar-refractivity contribution is 7.14. The van der Waals surface area contributed by atoms with Crippen LogP contribution in [0.2, 0.25) is 0 Å². The van der Waals surface area contributed by atoms with Gasteiger partial charge >= 0.3 is 0 Å². The molecule has 1 amide bonds. The Morgan fingerprint density at radius 2 is 1.82 bits per heavy atom. The highest BCUT2D eigenvalue weighted by Gasteiger charge is 2.16. The van der Waals surface area contributed by atoms with E-state index in [2.05, 4.69) is 46.2 Å². The number of aryl methyl sites for hydroxylation is 2. The first kappa shape index (κ1) is 18.0. The minimum absolute atomic E-state index is 0.277. The summed E-state index contributed by atoms with van der Waals surface area (Å²) >= 11 is 1.40. The van der Waals surface area contributed by atoms with Crippen molar-refractivity contribution in [1.29, 1.82) is 0 Å². The van der Waals surface area contributed by atoms with E-state index in [0.717, 1.165) is 16.8 Å². The Balaban J connectivity index is 1.59. The van der Waals surface area contributed by atoms with Crippen LogP contribution in [-0.2, 0) is 0 Å². The quantitative estimate of drug-likeness (QED) is 0.527. The Kier molecular flexibility index (Phi) is 4.95. The Morgan fingerprint density at radius 1 is 1.00 bits per heavy atom. The van der Waals surface area contributed by atoms with Crippen LogP contribution in [0.1, 0.15) is 21.5 Å². The highest BCUT2D eigenvalue weighted by atomic mass is 32.1. The van der Waals surface area contributed by atoms with Gasteiger partial charge in [-0.15, -0.1) is 11.3 Å². The van der Waals surface area contributed by atoms with Crippen LogP contribution in [0.25, 0.3) is 22.5 Å². The fourth-order valence-corrected chi connectivity index (χ4v) is 3.57.